The van der Waals surface area contributed by atoms with Crippen molar-refractivity contribution in [1.82, 2.24) is 19.7 Å². The number of hydrogen-bond donors (Lipinski definition) is 2. The number of benzene rings is 1. The van der Waals surface area contributed by atoms with E-state index in [1.54, 1.807) is 0 Å². The van der Waals surface area contributed by atoms with E-state index in [9.17, 15) is 17.9 Å². The van der Waals surface area contributed by atoms with Crippen LogP contribution in [0.3, 0.4) is 0 Å². The van der Waals surface area contributed by atoms with Gasteiger partial charge in [0.15, 0.2) is 0 Å². The number of nitrogens with zero attached hydrogens (tertiary/aromatic N) is 3. The van der Waals surface area contributed by atoms with Crippen molar-refractivity contribution < 1.29 is 17.9 Å². The Morgan fingerprint density at radius 1 is 1.43 bits per heavy atom. The normalized spacial score (nSPS) is 23.5. The van der Waals surface area contributed by atoms with Gasteiger partial charge in [-0.2, -0.15) is 19.7 Å². The lowest BCUT2D eigenvalue weighted by Crippen LogP contribution is -2.34. The molecule has 9 heteroatoms. The Balaban J connectivity index is 1.89. The number of hydrogen-bond acceptors (Lipinski definition) is 5. The van der Waals surface area contributed by atoms with Gasteiger partial charge in [0.25, 0.3) is 0 Å². The van der Waals surface area contributed by atoms with Crippen molar-refractivity contribution >= 4 is 10.0 Å². The average molecular weight is 312 g/mol. The molecule has 0 amide bonds. The van der Waals surface area contributed by atoms with Gasteiger partial charge in [-0.25, -0.2) is 12.8 Å². The first-order chi connectivity index (χ1) is 9.92. The van der Waals surface area contributed by atoms with Gasteiger partial charge < -0.3 is 5.11 Å². The molecule has 1 atom stereocenters. The minimum Gasteiger partial charge on any atom is -0.382 e. The molecule has 0 bridgehead atoms. The van der Waals surface area contributed by atoms with Gasteiger partial charge in [0.2, 0.25) is 10.0 Å². The summed E-state index contributed by atoms with van der Waals surface area (Å²) in [5.74, 6) is -0.623. The van der Waals surface area contributed by atoms with Gasteiger partial charge in [-0.15, -0.1) is 0 Å². The van der Waals surface area contributed by atoms with Crippen molar-refractivity contribution in [1.29, 1.82) is 0 Å². The number of β-amino-alcohol motifs (C(OH)–C–C–N with tert-alkyl or cyclic N) is 1. The maximum atomic E-state index is 13.2. The Bertz CT molecular complexity index is 750. The number of sulfonamides is 1. The molecule has 1 aliphatic rings. The van der Waals surface area contributed by atoms with Crippen LogP contribution < -0.4 is 0 Å². The molecule has 1 aliphatic heterocycles. The highest BCUT2D eigenvalue weighted by molar-refractivity contribution is 7.89. The molecule has 0 saturated carbocycles. The van der Waals surface area contributed by atoms with E-state index in [0.29, 0.717) is 5.69 Å². The Morgan fingerprint density at radius 3 is 2.90 bits per heavy atom. The molecule has 112 valence electrons. The van der Waals surface area contributed by atoms with Gasteiger partial charge in [-0.1, -0.05) is 6.07 Å². The number of H-pyrrole nitrogens is 1. The highest BCUT2D eigenvalue weighted by Gasteiger charge is 2.44. The number of halogens is 1. The SMILES string of the molecule is O=S(=O)(c1cccc(F)c1)N1CC[C@](O)(c2cn[nH]n2)C1. The summed E-state index contributed by atoms with van der Waals surface area (Å²) < 4.78 is 39.2. The summed E-state index contributed by atoms with van der Waals surface area (Å²) in [5.41, 5.74) is -1.09. The van der Waals surface area contributed by atoms with Crippen molar-refractivity contribution in [2.75, 3.05) is 13.1 Å². The van der Waals surface area contributed by atoms with E-state index in [1.807, 2.05) is 0 Å². The van der Waals surface area contributed by atoms with Crippen molar-refractivity contribution in [3.63, 3.8) is 0 Å². The number of aromatic amines is 1. The van der Waals surface area contributed by atoms with E-state index in [1.165, 1.54) is 24.4 Å². The van der Waals surface area contributed by atoms with Crippen LogP contribution in [0.5, 0.6) is 0 Å². The first-order valence-electron chi connectivity index (χ1n) is 6.26. The Kier molecular flexibility index (Phi) is 3.27. The quantitative estimate of drug-likeness (QED) is 0.845. The van der Waals surface area contributed by atoms with Crippen molar-refractivity contribution in [3.05, 3.63) is 42.0 Å². The summed E-state index contributed by atoms with van der Waals surface area (Å²) in [6, 6.07) is 4.80. The van der Waals surface area contributed by atoms with Gasteiger partial charge in [0.05, 0.1) is 11.1 Å². The minimum absolute atomic E-state index is 0.127. The van der Waals surface area contributed by atoms with Crippen molar-refractivity contribution in [2.45, 2.75) is 16.9 Å². The summed E-state index contributed by atoms with van der Waals surface area (Å²) in [6.45, 7) is -0.0133. The molecule has 0 radical (unpaired) electrons. The number of aliphatic hydroxyl groups is 1. The lowest BCUT2D eigenvalue weighted by atomic mass is 10.0. The standard InChI is InChI=1S/C12H13FN4O3S/c13-9-2-1-3-10(6-9)21(19,20)17-5-4-12(18,8-17)11-7-14-16-15-11/h1-3,6-7,18H,4-5,8H2,(H,14,15,16)/t12-/m1/s1. The predicted octanol–water partition coefficient (Wildman–Crippen LogP) is 0.226. The van der Waals surface area contributed by atoms with Gasteiger partial charge in [-0.05, 0) is 24.6 Å². The van der Waals surface area contributed by atoms with Crippen LogP contribution in [-0.2, 0) is 15.6 Å². The molecule has 2 heterocycles. The predicted molar refractivity (Wildman–Crippen MR) is 70.1 cm³/mol. The molecule has 1 fully saturated rings. The monoisotopic (exact) mass is 312 g/mol. The molecular formula is C12H13FN4O3S. The van der Waals surface area contributed by atoms with E-state index in [4.69, 9.17) is 0 Å². The van der Waals surface area contributed by atoms with E-state index in [-0.39, 0.29) is 24.4 Å². The van der Waals surface area contributed by atoms with Crippen LogP contribution in [0.15, 0.2) is 35.4 Å². The second kappa shape index (κ2) is 4.86. The first kappa shape index (κ1) is 14.1. The molecule has 3 rings (SSSR count). The highest BCUT2D eigenvalue weighted by Crippen LogP contribution is 2.33. The smallest absolute Gasteiger partial charge is 0.243 e. The third-order valence-corrected chi connectivity index (χ3v) is 5.38. The fourth-order valence-electron chi connectivity index (χ4n) is 2.38. The Hall–Kier alpha value is -1.84. The zero-order chi connectivity index (χ0) is 15.1. The van der Waals surface area contributed by atoms with Crippen molar-refractivity contribution in [3.8, 4) is 0 Å². The second-order valence-electron chi connectivity index (χ2n) is 4.93. The molecule has 7 nitrogen and oxygen atoms in total. The fraction of sp³-hybridized carbons (Fsp3) is 0.333. The molecule has 1 saturated heterocycles. The second-order valence-corrected chi connectivity index (χ2v) is 6.87. The van der Waals surface area contributed by atoms with Crippen LogP contribution in [0.4, 0.5) is 4.39 Å². The van der Waals surface area contributed by atoms with Crippen LogP contribution in [0.2, 0.25) is 0 Å². The molecule has 2 N–H and O–H groups in total. The molecule has 1 aromatic carbocycles. The number of rotatable bonds is 3. The highest BCUT2D eigenvalue weighted by atomic mass is 32.2. The Labute approximate surface area is 120 Å². The van der Waals surface area contributed by atoms with Crippen molar-refractivity contribution in [2.24, 2.45) is 0 Å². The van der Waals surface area contributed by atoms with Crippen LogP contribution in [0.1, 0.15) is 12.1 Å². The van der Waals surface area contributed by atoms with Crippen LogP contribution in [0.25, 0.3) is 0 Å². The molecule has 21 heavy (non-hydrogen) atoms. The molecule has 0 spiro atoms. The van der Waals surface area contributed by atoms with Gasteiger partial charge in [0.1, 0.15) is 17.1 Å². The number of nitrogens with one attached hydrogen (secondary N) is 1. The van der Waals surface area contributed by atoms with Gasteiger partial charge >= 0.3 is 0 Å². The third-order valence-electron chi connectivity index (χ3n) is 3.54. The van der Waals surface area contributed by atoms with E-state index >= 15 is 0 Å². The Morgan fingerprint density at radius 2 is 2.24 bits per heavy atom. The zero-order valence-corrected chi connectivity index (χ0v) is 11.7. The maximum absolute atomic E-state index is 13.2. The summed E-state index contributed by atoms with van der Waals surface area (Å²) in [5, 5.41) is 20.3. The summed E-state index contributed by atoms with van der Waals surface area (Å²) >= 11 is 0. The van der Waals surface area contributed by atoms with E-state index in [0.717, 1.165) is 10.4 Å². The largest absolute Gasteiger partial charge is 0.382 e. The van der Waals surface area contributed by atoms with E-state index in [2.05, 4.69) is 15.4 Å². The third kappa shape index (κ3) is 2.43. The maximum Gasteiger partial charge on any atom is 0.243 e. The first-order valence-corrected chi connectivity index (χ1v) is 7.70. The number of aromatic nitrogens is 3. The van der Waals surface area contributed by atoms with Gasteiger partial charge in [-0.3, -0.25) is 0 Å². The lowest BCUT2D eigenvalue weighted by Gasteiger charge is -2.21. The average Bonchev–Trinajstić information content (AvgIpc) is 3.09. The van der Waals surface area contributed by atoms with Crippen LogP contribution in [0, 0.1) is 5.82 Å². The zero-order valence-electron chi connectivity index (χ0n) is 10.9. The molecular weight excluding hydrogens is 299 g/mol. The lowest BCUT2D eigenvalue weighted by molar-refractivity contribution is 0.0485. The van der Waals surface area contributed by atoms with Crippen LogP contribution in [-0.4, -0.2) is 46.3 Å². The molecule has 0 aliphatic carbocycles. The summed E-state index contributed by atoms with van der Waals surface area (Å²) in [7, 11) is -3.85. The molecule has 2 aromatic rings. The van der Waals surface area contributed by atoms with E-state index < -0.39 is 21.4 Å². The topological polar surface area (TPSA) is 99.2 Å². The molecule has 1 aromatic heterocycles. The van der Waals surface area contributed by atoms with Gasteiger partial charge in [0, 0.05) is 13.1 Å². The summed E-state index contributed by atoms with van der Waals surface area (Å²) in [4.78, 5) is -0.132. The fourth-order valence-corrected chi connectivity index (χ4v) is 3.90. The summed E-state index contributed by atoms with van der Waals surface area (Å²) in [6.07, 6.45) is 1.56. The molecule has 0 unspecified atom stereocenters. The minimum atomic E-state index is -3.85. The van der Waals surface area contributed by atoms with Crippen LogP contribution >= 0.6 is 0 Å².